The van der Waals surface area contributed by atoms with E-state index in [0.29, 0.717) is 6.04 Å². The first-order valence-corrected chi connectivity index (χ1v) is 9.66. The van der Waals surface area contributed by atoms with Crippen molar-refractivity contribution in [3.63, 3.8) is 0 Å². The molecule has 3 heteroatoms. The first kappa shape index (κ1) is 17.3. The number of hydrogen-bond acceptors (Lipinski definition) is 1. The van der Waals surface area contributed by atoms with Crippen LogP contribution in [0.4, 0.5) is 4.39 Å². The maximum absolute atomic E-state index is 13.9. The molecule has 2 nitrogen and oxygen atoms in total. The molecule has 0 bridgehead atoms. The zero-order valence-electron chi connectivity index (χ0n) is 15.9. The van der Waals surface area contributed by atoms with Crippen LogP contribution in [0.5, 0.6) is 0 Å². The number of likely N-dealkylation sites (N-methyl/N-ethyl adjacent to an activating group) is 1. The second-order valence-corrected chi connectivity index (χ2v) is 7.59. The summed E-state index contributed by atoms with van der Waals surface area (Å²) in [4.78, 5) is 2.48. The largest absolute Gasteiger partial charge is 0.344 e. The molecule has 4 rings (SSSR count). The van der Waals surface area contributed by atoms with Gasteiger partial charge in [-0.2, -0.15) is 0 Å². The molecule has 1 aliphatic heterocycles. The molecule has 0 saturated heterocycles. The molecule has 0 fully saturated rings. The Labute approximate surface area is 155 Å². The summed E-state index contributed by atoms with van der Waals surface area (Å²) in [5.41, 5.74) is 6.54. The average molecular weight is 350 g/mol. The Morgan fingerprint density at radius 3 is 2.62 bits per heavy atom. The molecule has 0 radical (unpaired) electrons. The van der Waals surface area contributed by atoms with E-state index in [4.69, 9.17) is 0 Å². The summed E-state index contributed by atoms with van der Waals surface area (Å²) in [5, 5.41) is 1.09. The Morgan fingerprint density at radius 1 is 1.12 bits per heavy atom. The van der Waals surface area contributed by atoms with E-state index in [1.165, 1.54) is 27.9 Å². The number of halogens is 1. The highest BCUT2D eigenvalue weighted by Crippen LogP contribution is 2.33. The second kappa shape index (κ2) is 6.88. The molecular formula is C23H27FN2. The summed E-state index contributed by atoms with van der Waals surface area (Å²) in [6, 6.07) is 14.6. The number of aryl methyl sites for hydroxylation is 3. The first-order valence-electron chi connectivity index (χ1n) is 9.66. The molecule has 136 valence electrons. The zero-order chi connectivity index (χ0) is 18.3. The summed E-state index contributed by atoms with van der Waals surface area (Å²) >= 11 is 0. The lowest BCUT2D eigenvalue weighted by molar-refractivity contribution is 0.192. The van der Waals surface area contributed by atoms with E-state index in [1.54, 1.807) is 12.1 Å². The van der Waals surface area contributed by atoms with Crippen molar-refractivity contribution in [3.8, 4) is 0 Å². The Balaban J connectivity index is 1.74. The molecule has 0 spiro atoms. The van der Waals surface area contributed by atoms with Crippen LogP contribution in [0.25, 0.3) is 10.9 Å². The lowest BCUT2D eigenvalue weighted by Gasteiger charge is -2.33. The number of nitrogens with zero attached hydrogens (tertiary/aromatic N) is 2. The molecule has 1 aromatic heterocycles. The third kappa shape index (κ3) is 3.05. The van der Waals surface area contributed by atoms with Gasteiger partial charge in [0.1, 0.15) is 5.82 Å². The van der Waals surface area contributed by atoms with Crippen molar-refractivity contribution in [2.24, 2.45) is 0 Å². The molecule has 1 unspecified atom stereocenters. The van der Waals surface area contributed by atoms with Gasteiger partial charge in [0.15, 0.2) is 0 Å². The Morgan fingerprint density at radius 2 is 1.88 bits per heavy atom. The predicted molar refractivity (Wildman–Crippen MR) is 106 cm³/mol. The Hall–Kier alpha value is -2.13. The molecule has 3 aromatic rings. The van der Waals surface area contributed by atoms with Crippen LogP contribution in [0.1, 0.15) is 36.2 Å². The van der Waals surface area contributed by atoms with Gasteiger partial charge < -0.3 is 4.57 Å². The maximum Gasteiger partial charge on any atom is 0.123 e. The summed E-state index contributed by atoms with van der Waals surface area (Å²) < 4.78 is 16.4. The topological polar surface area (TPSA) is 8.17 Å². The van der Waals surface area contributed by atoms with Gasteiger partial charge in [-0.05, 0) is 56.1 Å². The minimum absolute atomic E-state index is 0.141. The third-order valence-corrected chi connectivity index (χ3v) is 5.87. The van der Waals surface area contributed by atoms with E-state index in [0.717, 1.165) is 37.9 Å². The van der Waals surface area contributed by atoms with Gasteiger partial charge in [-0.3, -0.25) is 4.90 Å². The van der Waals surface area contributed by atoms with Crippen LogP contribution >= 0.6 is 0 Å². The van der Waals surface area contributed by atoms with Crippen molar-refractivity contribution in [1.29, 1.82) is 0 Å². The normalized spacial score (nSPS) is 17.6. The zero-order valence-corrected chi connectivity index (χ0v) is 15.9. The van der Waals surface area contributed by atoms with Crippen LogP contribution in [0, 0.1) is 12.7 Å². The summed E-state index contributed by atoms with van der Waals surface area (Å²) in [6.07, 6.45) is 2.03. The van der Waals surface area contributed by atoms with E-state index in [9.17, 15) is 4.39 Å². The monoisotopic (exact) mass is 350 g/mol. The van der Waals surface area contributed by atoms with Gasteiger partial charge in [-0.1, -0.05) is 36.8 Å². The van der Waals surface area contributed by atoms with Gasteiger partial charge in [0.2, 0.25) is 0 Å². The van der Waals surface area contributed by atoms with Gasteiger partial charge in [-0.15, -0.1) is 0 Å². The van der Waals surface area contributed by atoms with Crippen molar-refractivity contribution in [2.75, 3.05) is 6.54 Å². The highest BCUT2D eigenvalue weighted by molar-refractivity contribution is 5.86. The Kier molecular flexibility index (Phi) is 4.58. The fourth-order valence-electron chi connectivity index (χ4n) is 4.30. The highest BCUT2D eigenvalue weighted by Gasteiger charge is 2.27. The van der Waals surface area contributed by atoms with Gasteiger partial charge in [0.05, 0.1) is 0 Å². The molecule has 0 N–H and O–H groups in total. The summed E-state index contributed by atoms with van der Waals surface area (Å²) in [6.45, 7) is 9.53. The van der Waals surface area contributed by atoms with Crippen LogP contribution in [-0.2, 0) is 25.9 Å². The van der Waals surface area contributed by atoms with Crippen molar-refractivity contribution in [2.45, 2.75) is 52.7 Å². The van der Waals surface area contributed by atoms with Crippen molar-refractivity contribution < 1.29 is 4.39 Å². The fraction of sp³-hybridized carbons (Fsp3) is 0.391. The average Bonchev–Trinajstić information content (AvgIpc) is 2.92. The lowest BCUT2D eigenvalue weighted by Crippen LogP contribution is -2.38. The summed E-state index contributed by atoms with van der Waals surface area (Å²) in [7, 11) is 0. The first-order chi connectivity index (χ1) is 12.6. The van der Waals surface area contributed by atoms with Crippen molar-refractivity contribution >= 4 is 10.9 Å². The van der Waals surface area contributed by atoms with Crippen LogP contribution in [-0.4, -0.2) is 22.1 Å². The van der Waals surface area contributed by atoms with E-state index in [2.05, 4.69) is 54.5 Å². The molecule has 1 atom stereocenters. The quantitative estimate of drug-likeness (QED) is 0.636. The number of fused-ring (bicyclic) bond motifs is 3. The predicted octanol–water partition coefficient (Wildman–Crippen LogP) is 5.10. The molecule has 26 heavy (non-hydrogen) atoms. The lowest BCUT2D eigenvalue weighted by atomic mass is 9.99. The minimum Gasteiger partial charge on any atom is -0.344 e. The number of aromatic nitrogens is 1. The number of hydrogen-bond donors (Lipinski definition) is 0. The van der Waals surface area contributed by atoms with Crippen LogP contribution in [0.3, 0.4) is 0 Å². The van der Waals surface area contributed by atoms with Crippen molar-refractivity contribution in [3.05, 3.63) is 70.7 Å². The molecule has 2 aromatic carbocycles. The summed E-state index contributed by atoms with van der Waals surface area (Å²) in [5.74, 6) is -0.141. The molecule has 0 saturated carbocycles. The maximum atomic E-state index is 13.9. The van der Waals surface area contributed by atoms with Gasteiger partial charge >= 0.3 is 0 Å². The minimum atomic E-state index is -0.141. The van der Waals surface area contributed by atoms with E-state index < -0.39 is 0 Å². The molecule has 2 heterocycles. The Bertz CT molecular complexity index is 924. The van der Waals surface area contributed by atoms with Crippen LogP contribution < -0.4 is 0 Å². The SMILES string of the molecule is CCN1Cc2c(n(CCc3ccc(C)cc3)c3ccc(F)cc23)CC1C. The fourth-order valence-corrected chi connectivity index (χ4v) is 4.30. The van der Waals surface area contributed by atoms with Gasteiger partial charge in [-0.25, -0.2) is 4.39 Å². The molecule has 0 aliphatic carbocycles. The van der Waals surface area contributed by atoms with Crippen molar-refractivity contribution in [1.82, 2.24) is 9.47 Å². The van der Waals surface area contributed by atoms with Crippen LogP contribution in [0.2, 0.25) is 0 Å². The number of rotatable bonds is 4. The van der Waals surface area contributed by atoms with Gasteiger partial charge in [0.25, 0.3) is 0 Å². The van der Waals surface area contributed by atoms with E-state index in [-0.39, 0.29) is 5.82 Å². The standard InChI is InChI=1S/C23H27FN2/c1-4-25-15-21-20-14-19(24)9-10-22(20)26(23(21)13-17(25)3)12-11-18-7-5-16(2)6-8-18/h5-10,14,17H,4,11-13,15H2,1-3H3. The highest BCUT2D eigenvalue weighted by atomic mass is 19.1. The smallest absolute Gasteiger partial charge is 0.123 e. The number of benzene rings is 2. The van der Waals surface area contributed by atoms with E-state index >= 15 is 0 Å². The molecular weight excluding hydrogens is 323 g/mol. The molecule has 1 aliphatic rings. The van der Waals surface area contributed by atoms with E-state index in [1.807, 2.05) is 6.07 Å². The molecule has 0 amide bonds. The van der Waals surface area contributed by atoms with Crippen LogP contribution in [0.15, 0.2) is 42.5 Å². The second-order valence-electron chi connectivity index (χ2n) is 7.59. The van der Waals surface area contributed by atoms with Gasteiger partial charge in [0, 0.05) is 42.1 Å². The third-order valence-electron chi connectivity index (χ3n) is 5.87.